The summed E-state index contributed by atoms with van der Waals surface area (Å²) in [6.45, 7) is 2.34. The highest BCUT2D eigenvalue weighted by molar-refractivity contribution is 6.01. The Kier molecular flexibility index (Phi) is 6.02. The van der Waals surface area contributed by atoms with Crippen LogP contribution >= 0.6 is 0 Å². The van der Waals surface area contributed by atoms with Crippen LogP contribution in [0.1, 0.15) is 19.8 Å². The zero-order valence-corrected chi connectivity index (χ0v) is 11.0. The van der Waals surface area contributed by atoms with E-state index in [1.54, 1.807) is 24.3 Å². The number of aliphatic carboxylic acids is 1. The highest BCUT2D eigenvalue weighted by Gasteiger charge is 2.10. The fourth-order valence-corrected chi connectivity index (χ4v) is 1.40. The molecule has 0 heterocycles. The van der Waals surface area contributed by atoms with E-state index in [9.17, 15) is 14.4 Å². The Morgan fingerprint density at radius 3 is 2.65 bits per heavy atom. The van der Waals surface area contributed by atoms with Crippen LogP contribution in [0.25, 0.3) is 0 Å². The first-order valence-electron chi connectivity index (χ1n) is 6.06. The summed E-state index contributed by atoms with van der Waals surface area (Å²) < 4.78 is 5.27. The molecule has 1 aromatic carbocycles. The van der Waals surface area contributed by atoms with Crippen molar-refractivity contribution in [3.8, 4) is 5.75 Å². The van der Waals surface area contributed by atoms with Crippen molar-refractivity contribution in [3.05, 3.63) is 24.3 Å². The summed E-state index contributed by atoms with van der Waals surface area (Å²) in [5, 5.41) is 12.9. The van der Waals surface area contributed by atoms with E-state index in [4.69, 9.17) is 9.84 Å². The van der Waals surface area contributed by atoms with Crippen molar-refractivity contribution in [1.82, 2.24) is 5.32 Å². The molecule has 0 fully saturated rings. The molecule has 3 N–H and O–H groups in total. The third-order valence-corrected chi connectivity index (χ3v) is 2.22. The number of ether oxygens (including phenoxy) is 1. The van der Waals surface area contributed by atoms with Crippen LogP contribution in [-0.2, 0) is 9.59 Å². The van der Waals surface area contributed by atoms with Crippen LogP contribution in [-0.4, -0.2) is 29.6 Å². The van der Waals surface area contributed by atoms with Crippen LogP contribution in [0.5, 0.6) is 5.75 Å². The summed E-state index contributed by atoms with van der Waals surface area (Å²) in [5.41, 5.74) is 0.472. The van der Waals surface area contributed by atoms with Crippen molar-refractivity contribution in [2.75, 3.05) is 11.9 Å². The first-order chi connectivity index (χ1) is 9.51. The standard InChI is InChI=1S/C13H16N2O5/c1-2-20-10-5-3-4-9(8-10)14-13(19)15-11(16)6-7-12(17)18/h3-5,8H,2,6-7H2,1H3,(H,17,18)(H2,14,15,16,19). The second-order valence-corrected chi connectivity index (χ2v) is 3.86. The number of hydrogen-bond acceptors (Lipinski definition) is 4. The largest absolute Gasteiger partial charge is 0.494 e. The van der Waals surface area contributed by atoms with Gasteiger partial charge in [0.05, 0.1) is 13.0 Å². The van der Waals surface area contributed by atoms with Gasteiger partial charge in [-0.05, 0) is 19.1 Å². The number of urea groups is 1. The van der Waals surface area contributed by atoms with Crippen LogP contribution in [0.4, 0.5) is 10.5 Å². The molecular weight excluding hydrogens is 264 g/mol. The number of anilines is 1. The summed E-state index contributed by atoms with van der Waals surface area (Å²) in [7, 11) is 0. The van der Waals surface area contributed by atoms with Crippen LogP contribution in [0.2, 0.25) is 0 Å². The minimum atomic E-state index is -1.09. The molecule has 108 valence electrons. The number of hydrogen-bond donors (Lipinski definition) is 3. The second kappa shape index (κ2) is 7.78. The van der Waals surface area contributed by atoms with E-state index in [-0.39, 0.29) is 12.8 Å². The van der Waals surface area contributed by atoms with E-state index in [1.165, 1.54) is 0 Å². The minimum absolute atomic E-state index is 0.248. The lowest BCUT2D eigenvalue weighted by molar-refractivity contribution is -0.138. The molecule has 0 aliphatic rings. The molecule has 3 amide bonds. The first-order valence-corrected chi connectivity index (χ1v) is 6.06. The van der Waals surface area contributed by atoms with Gasteiger partial charge in [0.2, 0.25) is 5.91 Å². The van der Waals surface area contributed by atoms with E-state index in [0.717, 1.165) is 0 Å². The van der Waals surface area contributed by atoms with Crippen LogP contribution < -0.4 is 15.4 Å². The zero-order valence-electron chi connectivity index (χ0n) is 11.0. The molecule has 7 heteroatoms. The molecule has 0 atom stereocenters. The van der Waals surface area contributed by atoms with Gasteiger partial charge in [-0.1, -0.05) is 6.07 Å². The third-order valence-electron chi connectivity index (χ3n) is 2.22. The number of carbonyl (C=O) groups excluding carboxylic acids is 2. The molecule has 0 saturated heterocycles. The maximum Gasteiger partial charge on any atom is 0.325 e. The number of rotatable bonds is 6. The maximum atomic E-state index is 11.5. The quantitative estimate of drug-likeness (QED) is 0.734. The molecule has 0 radical (unpaired) electrons. The van der Waals surface area contributed by atoms with E-state index >= 15 is 0 Å². The number of nitrogens with one attached hydrogen (secondary N) is 2. The summed E-state index contributed by atoms with van der Waals surface area (Å²) in [5.74, 6) is -1.14. The lowest BCUT2D eigenvalue weighted by Crippen LogP contribution is -2.34. The Hall–Kier alpha value is -2.57. The van der Waals surface area contributed by atoms with Gasteiger partial charge in [0.1, 0.15) is 5.75 Å². The topological polar surface area (TPSA) is 105 Å². The molecular formula is C13H16N2O5. The SMILES string of the molecule is CCOc1cccc(NC(=O)NC(=O)CCC(=O)O)c1. The van der Waals surface area contributed by atoms with Gasteiger partial charge in [-0.3, -0.25) is 14.9 Å². The summed E-state index contributed by atoms with van der Waals surface area (Å²) >= 11 is 0. The maximum absolute atomic E-state index is 11.5. The number of imide groups is 1. The van der Waals surface area contributed by atoms with Gasteiger partial charge in [0, 0.05) is 18.2 Å². The fraction of sp³-hybridized carbons (Fsp3) is 0.308. The van der Waals surface area contributed by atoms with E-state index in [2.05, 4.69) is 5.32 Å². The van der Waals surface area contributed by atoms with Crippen molar-refractivity contribution in [2.24, 2.45) is 0 Å². The first kappa shape index (κ1) is 15.5. The average molecular weight is 280 g/mol. The smallest absolute Gasteiger partial charge is 0.325 e. The van der Waals surface area contributed by atoms with Crippen LogP contribution in [0, 0.1) is 0 Å². The number of carboxylic acid groups (broad SMARTS) is 1. The number of carbonyl (C=O) groups is 3. The Morgan fingerprint density at radius 1 is 1.25 bits per heavy atom. The number of amides is 3. The molecule has 1 aromatic rings. The Balaban J connectivity index is 2.47. The van der Waals surface area contributed by atoms with Gasteiger partial charge in [0.25, 0.3) is 0 Å². The Bertz CT molecular complexity index is 501. The Labute approximate surface area is 115 Å². The highest BCUT2D eigenvalue weighted by atomic mass is 16.5. The van der Waals surface area contributed by atoms with Gasteiger partial charge < -0.3 is 15.2 Å². The van der Waals surface area contributed by atoms with Crippen molar-refractivity contribution in [3.63, 3.8) is 0 Å². The van der Waals surface area contributed by atoms with Gasteiger partial charge in [0.15, 0.2) is 0 Å². The molecule has 0 aliphatic carbocycles. The molecule has 20 heavy (non-hydrogen) atoms. The van der Waals surface area contributed by atoms with E-state index < -0.39 is 17.9 Å². The van der Waals surface area contributed by atoms with Gasteiger partial charge in [-0.15, -0.1) is 0 Å². The summed E-state index contributed by atoms with van der Waals surface area (Å²) in [4.78, 5) is 33.0. The molecule has 0 aliphatic heterocycles. The van der Waals surface area contributed by atoms with E-state index in [1.807, 2.05) is 12.2 Å². The van der Waals surface area contributed by atoms with Crippen LogP contribution in [0.15, 0.2) is 24.3 Å². The fourth-order valence-electron chi connectivity index (χ4n) is 1.40. The van der Waals surface area contributed by atoms with Crippen molar-refractivity contribution < 1.29 is 24.2 Å². The van der Waals surface area contributed by atoms with Crippen molar-refractivity contribution in [1.29, 1.82) is 0 Å². The van der Waals surface area contributed by atoms with Gasteiger partial charge in [-0.2, -0.15) is 0 Å². The van der Waals surface area contributed by atoms with Gasteiger partial charge in [-0.25, -0.2) is 4.79 Å². The number of benzene rings is 1. The summed E-state index contributed by atoms with van der Waals surface area (Å²) in [6, 6.07) is 5.99. The highest BCUT2D eigenvalue weighted by Crippen LogP contribution is 2.16. The molecule has 1 rings (SSSR count). The molecule has 0 spiro atoms. The minimum Gasteiger partial charge on any atom is -0.494 e. The van der Waals surface area contributed by atoms with Crippen LogP contribution in [0.3, 0.4) is 0 Å². The predicted octanol–water partition coefficient (Wildman–Crippen LogP) is 1.60. The average Bonchev–Trinajstić information content (AvgIpc) is 2.37. The van der Waals surface area contributed by atoms with Crippen molar-refractivity contribution >= 4 is 23.6 Å². The third kappa shape index (κ3) is 5.85. The lowest BCUT2D eigenvalue weighted by atomic mass is 10.3. The number of carboxylic acids is 1. The predicted molar refractivity (Wildman–Crippen MR) is 71.6 cm³/mol. The Morgan fingerprint density at radius 2 is 2.00 bits per heavy atom. The molecule has 0 aromatic heterocycles. The molecule has 0 bridgehead atoms. The zero-order chi connectivity index (χ0) is 15.0. The summed E-state index contributed by atoms with van der Waals surface area (Å²) in [6.07, 6.45) is -0.569. The lowest BCUT2D eigenvalue weighted by Gasteiger charge is -2.08. The molecule has 0 saturated carbocycles. The van der Waals surface area contributed by atoms with Crippen molar-refractivity contribution in [2.45, 2.75) is 19.8 Å². The second-order valence-electron chi connectivity index (χ2n) is 3.86. The normalized spacial score (nSPS) is 9.65. The van der Waals surface area contributed by atoms with E-state index in [0.29, 0.717) is 18.0 Å². The molecule has 7 nitrogen and oxygen atoms in total. The van der Waals surface area contributed by atoms with Gasteiger partial charge >= 0.3 is 12.0 Å². The molecule has 0 unspecified atom stereocenters. The monoisotopic (exact) mass is 280 g/mol.